The highest BCUT2D eigenvalue weighted by atomic mass is 16.2. The van der Waals surface area contributed by atoms with Gasteiger partial charge in [0.2, 0.25) is 5.91 Å². The van der Waals surface area contributed by atoms with Crippen molar-refractivity contribution in [2.75, 3.05) is 11.4 Å². The van der Waals surface area contributed by atoms with Gasteiger partial charge < -0.3 is 0 Å². The van der Waals surface area contributed by atoms with E-state index in [1.807, 2.05) is 41.4 Å². The van der Waals surface area contributed by atoms with Crippen LogP contribution in [0.4, 0.5) is 5.82 Å². The van der Waals surface area contributed by atoms with E-state index in [4.69, 9.17) is 9.97 Å². The molecule has 3 aromatic rings. The number of anilines is 1. The maximum atomic E-state index is 12.9. The first kappa shape index (κ1) is 20.8. The zero-order chi connectivity index (χ0) is 21.9. The molecule has 1 saturated heterocycles. The molecule has 0 bridgehead atoms. The van der Waals surface area contributed by atoms with Crippen molar-refractivity contribution in [1.82, 2.24) is 19.9 Å². The number of aryl methyl sites for hydroxylation is 1. The van der Waals surface area contributed by atoms with E-state index in [2.05, 4.69) is 35.0 Å². The lowest BCUT2D eigenvalue weighted by Gasteiger charge is -2.36. The fraction of sp³-hybridized carbons (Fsp3) is 0.385. The minimum Gasteiger partial charge on any atom is -0.292 e. The van der Waals surface area contributed by atoms with E-state index in [9.17, 15) is 4.79 Å². The second-order valence-corrected chi connectivity index (χ2v) is 8.74. The number of carbonyl (C=O) groups is 1. The Morgan fingerprint density at radius 1 is 0.969 bits per heavy atom. The number of carbonyl (C=O) groups excluding carboxylic acids is 1. The highest BCUT2D eigenvalue weighted by molar-refractivity contribution is 5.95. The number of fused-ring (bicyclic) bond motifs is 1. The number of pyridine rings is 1. The zero-order valence-corrected chi connectivity index (χ0v) is 18.6. The van der Waals surface area contributed by atoms with Crippen LogP contribution in [0.5, 0.6) is 0 Å². The molecule has 0 spiro atoms. The summed E-state index contributed by atoms with van der Waals surface area (Å²) in [6.07, 6.45) is 6.44. The molecular formula is C26H29N5O. The molecule has 0 saturated carbocycles. The summed E-state index contributed by atoms with van der Waals surface area (Å²) in [4.78, 5) is 31.7. The summed E-state index contributed by atoms with van der Waals surface area (Å²) in [6.45, 7) is 4.41. The zero-order valence-electron chi connectivity index (χ0n) is 18.6. The molecule has 1 atom stereocenters. The van der Waals surface area contributed by atoms with Crippen LogP contribution in [0.3, 0.4) is 0 Å². The summed E-state index contributed by atoms with van der Waals surface area (Å²) in [5.74, 6) is 1.78. The summed E-state index contributed by atoms with van der Waals surface area (Å²) in [5, 5.41) is 0. The fourth-order valence-corrected chi connectivity index (χ4v) is 4.85. The van der Waals surface area contributed by atoms with E-state index in [1.54, 1.807) is 0 Å². The normalized spacial score (nSPS) is 19.1. The van der Waals surface area contributed by atoms with Gasteiger partial charge in [0.15, 0.2) is 0 Å². The molecule has 0 N–H and O–H groups in total. The summed E-state index contributed by atoms with van der Waals surface area (Å²) < 4.78 is 0. The van der Waals surface area contributed by atoms with Gasteiger partial charge in [0.05, 0.1) is 18.3 Å². The van der Waals surface area contributed by atoms with Gasteiger partial charge in [0.25, 0.3) is 0 Å². The maximum Gasteiger partial charge on any atom is 0.228 e. The molecule has 1 amide bonds. The molecule has 5 rings (SSSR count). The van der Waals surface area contributed by atoms with Crippen LogP contribution in [0, 0.1) is 6.92 Å². The van der Waals surface area contributed by atoms with E-state index < -0.39 is 0 Å². The van der Waals surface area contributed by atoms with Crippen LogP contribution in [-0.2, 0) is 24.3 Å². The SMILES string of the molecule is Cc1nc(C2CCCCN2Cc2ccccn2)nc2c1CCC(=O)N2Cc1ccccc1. The number of amides is 1. The Kier molecular flexibility index (Phi) is 5.95. The molecule has 2 aliphatic heterocycles. The lowest BCUT2D eigenvalue weighted by molar-refractivity contribution is -0.119. The van der Waals surface area contributed by atoms with Crippen molar-refractivity contribution in [3.63, 3.8) is 0 Å². The van der Waals surface area contributed by atoms with Gasteiger partial charge in [-0.25, -0.2) is 9.97 Å². The molecule has 1 fully saturated rings. The Hall–Kier alpha value is -3.12. The first-order chi connectivity index (χ1) is 15.7. The van der Waals surface area contributed by atoms with Crippen molar-refractivity contribution in [2.24, 2.45) is 0 Å². The average molecular weight is 428 g/mol. The summed E-state index contributed by atoms with van der Waals surface area (Å²) in [7, 11) is 0. The highest BCUT2D eigenvalue weighted by Crippen LogP contribution is 2.35. The molecule has 2 aromatic heterocycles. The van der Waals surface area contributed by atoms with Gasteiger partial charge in [0, 0.05) is 30.4 Å². The molecule has 4 heterocycles. The second kappa shape index (κ2) is 9.17. The number of hydrogen-bond donors (Lipinski definition) is 0. The first-order valence-electron chi connectivity index (χ1n) is 11.5. The van der Waals surface area contributed by atoms with Crippen LogP contribution in [0.2, 0.25) is 0 Å². The lowest BCUT2D eigenvalue weighted by atomic mass is 9.99. The van der Waals surface area contributed by atoms with E-state index >= 15 is 0 Å². The van der Waals surface area contributed by atoms with Crippen LogP contribution in [0.15, 0.2) is 54.7 Å². The summed E-state index contributed by atoms with van der Waals surface area (Å²) in [6, 6.07) is 16.4. The average Bonchev–Trinajstić information content (AvgIpc) is 2.82. The molecule has 6 heteroatoms. The predicted octanol–water partition coefficient (Wildman–Crippen LogP) is 4.39. The summed E-state index contributed by atoms with van der Waals surface area (Å²) >= 11 is 0. The third-order valence-corrected chi connectivity index (χ3v) is 6.54. The smallest absolute Gasteiger partial charge is 0.228 e. The maximum absolute atomic E-state index is 12.9. The van der Waals surface area contributed by atoms with E-state index in [-0.39, 0.29) is 11.9 Å². The fourth-order valence-electron chi connectivity index (χ4n) is 4.85. The Morgan fingerprint density at radius 3 is 2.62 bits per heavy atom. The third-order valence-electron chi connectivity index (χ3n) is 6.54. The third kappa shape index (κ3) is 4.28. The molecule has 1 unspecified atom stereocenters. The Bertz CT molecular complexity index is 1090. The van der Waals surface area contributed by atoms with Crippen molar-refractivity contribution < 1.29 is 4.79 Å². The molecule has 164 valence electrons. The molecular weight excluding hydrogens is 398 g/mol. The van der Waals surface area contributed by atoms with Gasteiger partial charge in [0.1, 0.15) is 11.6 Å². The monoisotopic (exact) mass is 427 g/mol. The van der Waals surface area contributed by atoms with E-state index in [0.29, 0.717) is 19.4 Å². The Balaban J connectivity index is 1.48. The molecule has 0 aliphatic carbocycles. The van der Waals surface area contributed by atoms with Crippen molar-refractivity contribution in [1.29, 1.82) is 0 Å². The Morgan fingerprint density at radius 2 is 1.81 bits per heavy atom. The van der Waals surface area contributed by atoms with Crippen LogP contribution in [-0.4, -0.2) is 32.3 Å². The van der Waals surface area contributed by atoms with Gasteiger partial charge in [-0.05, 0) is 50.4 Å². The number of benzene rings is 1. The number of piperidine rings is 1. The van der Waals surface area contributed by atoms with Crippen molar-refractivity contribution in [3.8, 4) is 0 Å². The molecule has 2 aliphatic rings. The predicted molar refractivity (Wildman–Crippen MR) is 124 cm³/mol. The second-order valence-electron chi connectivity index (χ2n) is 8.74. The highest BCUT2D eigenvalue weighted by Gasteiger charge is 2.32. The molecule has 6 nitrogen and oxygen atoms in total. The van der Waals surface area contributed by atoms with Crippen LogP contribution in [0.1, 0.15) is 60.1 Å². The number of rotatable bonds is 5. The standard InChI is InChI=1S/C26H29N5O/c1-19-22-13-14-24(32)31(17-20-9-3-2-4-10-20)26(22)29-25(28-19)23-12-6-8-16-30(23)18-21-11-5-7-15-27-21/h2-5,7,9-11,15,23H,6,8,12-14,16-18H2,1H3. The number of hydrogen-bond acceptors (Lipinski definition) is 5. The van der Waals surface area contributed by atoms with E-state index in [0.717, 1.165) is 60.1 Å². The minimum absolute atomic E-state index is 0.138. The molecule has 32 heavy (non-hydrogen) atoms. The molecule has 0 radical (unpaired) electrons. The van der Waals surface area contributed by atoms with Gasteiger partial charge in [-0.3, -0.25) is 19.6 Å². The number of likely N-dealkylation sites (tertiary alicyclic amines) is 1. The van der Waals surface area contributed by atoms with Gasteiger partial charge in [-0.1, -0.05) is 42.8 Å². The molecule has 1 aromatic carbocycles. The first-order valence-corrected chi connectivity index (χ1v) is 11.5. The van der Waals surface area contributed by atoms with Crippen molar-refractivity contribution in [3.05, 3.63) is 83.1 Å². The van der Waals surface area contributed by atoms with Crippen LogP contribution in [0.25, 0.3) is 0 Å². The van der Waals surface area contributed by atoms with Gasteiger partial charge in [-0.15, -0.1) is 0 Å². The van der Waals surface area contributed by atoms with E-state index in [1.165, 1.54) is 6.42 Å². The van der Waals surface area contributed by atoms with Crippen molar-refractivity contribution >= 4 is 11.7 Å². The number of nitrogens with zero attached hydrogens (tertiary/aromatic N) is 5. The van der Waals surface area contributed by atoms with Crippen LogP contribution < -0.4 is 4.90 Å². The largest absolute Gasteiger partial charge is 0.292 e. The quantitative estimate of drug-likeness (QED) is 0.604. The summed E-state index contributed by atoms with van der Waals surface area (Å²) in [5.41, 5.74) is 4.28. The topological polar surface area (TPSA) is 62.2 Å². The van der Waals surface area contributed by atoms with Crippen molar-refractivity contribution in [2.45, 2.75) is 58.2 Å². The Labute approximate surface area is 189 Å². The lowest BCUT2D eigenvalue weighted by Crippen LogP contribution is -2.38. The number of aromatic nitrogens is 3. The van der Waals surface area contributed by atoms with Crippen LogP contribution >= 0.6 is 0 Å². The minimum atomic E-state index is 0.138. The van der Waals surface area contributed by atoms with Gasteiger partial charge in [-0.2, -0.15) is 0 Å². The van der Waals surface area contributed by atoms with Gasteiger partial charge >= 0.3 is 0 Å².